The highest BCUT2D eigenvalue weighted by Gasteiger charge is 2.27. The Morgan fingerprint density at radius 3 is 2.26 bits per heavy atom. The number of rotatable bonds is 9. The van der Waals surface area contributed by atoms with Gasteiger partial charge < -0.3 is 10.1 Å². The molecule has 0 radical (unpaired) electrons. The van der Waals surface area contributed by atoms with Crippen LogP contribution in [0.5, 0.6) is 5.75 Å². The SMILES string of the molecule is COc1ccc(S(=O)(=O)N(CCc2ccccc2)CC(=O)Nc2cccc3ccccc23)cc1. The summed E-state index contributed by atoms with van der Waals surface area (Å²) in [4.78, 5) is 13.1. The fraction of sp³-hybridized carbons (Fsp3) is 0.148. The van der Waals surface area contributed by atoms with Crippen LogP contribution < -0.4 is 10.1 Å². The number of carbonyl (C=O) groups excluding carboxylic acids is 1. The van der Waals surface area contributed by atoms with Gasteiger partial charge in [-0.1, -0.05) is 66.7 Å². The van der Waals surface area contributed by atoms with Gasteiger partial charge in [0.25, 0.3) is 0 Å². The predicted octanol–water partition coefficient (Wildman–Crippen LogP) is 4.72. The van der Waals surface area contributed by atoms with Crippen LogP contribution in [0.4, 0.5) is 5.69 Å². The maximum absolute atomic E-state index is 13.5. The molecule has 0 atom stereocenters. The first-order valence-corrected chi connectivity index (χ1v) is 12.4. The maximum Gasteiger partial charge on any atom is 0.243 e. The van der Waals surface area contributed by atoms with Gasteiger partial charge in [0.2, 0.25) is 15.9 Å². The van der Waals surface area contributed by atoms with Crippen molar-refractivity contribution in [1.82, 2.24) is 4.31 Å². The van der Waals surface area contributed by atoms with E-state index in [4.69, 9.17) is 4.74 Å². The third kappa shape index (κ3) is 5.44. The lowest BCUT2D eigenvalue weighted by atomic mass is 10.1. The van der Waals surface area contributed by atoms with E-state index in [0.717, 1.165) is 16.3 Å². The van der Waals surface area contributed by atoms with Gasteiger partial charge in [0.15, 0.2) is 0 Å². The lowest BCUT2D eigenvalue weighted by Gasteiger charge is -2.22. The van der Waals surface area contributed by atoms with Gasteiger partial charge in [-0.25, -0.2) is 8.42 Å². The van der Waals surface area contributed by atoms with Crippen molar-refractivity contribution in [2.24, 2.45) is 0 Å². The molecule has 0 fully saturated rings. The number of ether oxygens (including phenoxy) is 1. The van der Waals surface area contributed by atoms with E-state index in [9.17, 15) is 13.2 Å². The van der Waals surface area contributed by atoms with Crippen LogP contribution in [0.2, 0.25) is 0 Å². The van der Waals surface area contributed by atoms with Crippen molar-refractivity contribution in [2.45, 2.75) is 11.3 Å². The average molecular weight is 475 g/mol. The third-order valence-corrected chi connectivity index (χ3v) is 7.43. The number of carbonyl (C=O) groups is 1. The van der Waals surface area contributed by atoms with Crippen molar-refractivity contribution >= 4 is 32.4 Å². The van der Waals surface area contributed by atoms with Crippen molar-refractivity contribution in [3.8, 4) is 5.75 Å². The number of hydrogen-bond donors (Lipinski definition) is 1. The molecule has 0 aliphatic rings. The lowest BCUT2D eigenvalue weighted by molar-refractivity contribution is -0.116. The summed E-state index contributed by atoms with van der Waals surface area (Å²) in [7, 11) is -2.39. The largest absolute Gasteiger partial charge is 0.497 e. The number of hydrogen-bond acceptors (Lipinski definition) is 4. The Bertz CT molecular complexity index is 1370. The third-order valence-electron chi connectivity index (χ3n) is 5.57. The van der Waals surface area contributed by atoms with Crippen molar-refractivity contribution in [3.63, 3.8) is 0 Å². The molecule has 0 bridgehead atoms. The molecule has 0 aromatic heterocycles. The molecule has 1 N–H and O–H groups in total. The van der Waals surface area contributed by atoms with Crippen molar-refractivity contribution in [3.05, 3.63) is 103 Å². The Kier molecular flexibility index (Phi) is 7.25. The van der Waals surface area contributed by atoms with E-state index in [0.29, 0.717) is 17.9 Å². The zero-order valence-corrected chi connectivity index (χ0v) is 19.7. The number of fused-ring (bicyclic) bond motifs is 1. The van der Waals surface area contributed by atoms with Gasteiger partial charge in [-0.3, -0.25) is 4.79 Å². The molecule has 174 valence electrons. The van der Waals surface area contributed by atoms with Gasteiger partial charge in [0.1, 0.15) is 5.75 Å². The van der Waals surface area contributed by atoms with Gasteiger partial charge in [0, 0.05) is 17.6 Å². The van der Waals surface area contributed by atoms with Crippen LogP contribution in [0.15, 0.2) is 102 Å². The van der Waals surface area contributed by atoms with Crippen LogP contribution in [0.1, 0.15) is 5.56 Å². The second kappa shape index (κ2) is 10.5. The van der Waals surface area contributed by atoms with Crippen molar-refractivity contribution in [1.29, 1.82) is 0 Å². The molecule has 0 spiro atoms. The molecule has 4 aromatic carbocycles. The molecule has 0 unspecified atom stereocenters. The molecule has 1 amide bonds. The molecule has 0 heterocycles. The molecule has 34 heavy (non-hydrogen) atoms. The van der Waals surface area contributed by atoms with Crippen LogP contribution in [-0.2, 0) is 21.2 Å². The summed E-state index contributed by atoms with van der Waals surface area (Å²) >= 11 is 0. The maximum atomic E-state index is 13.5. The molecule has 4 rings (SSSR count). The van der Waals surface area contributed by atoms with Crippen molar-refractivity contribution < 1.29 is 17.9 Å². The topological polar surface area (TPSA) is 75.7 Å². The van der Waals surface area contributed by atoms with E-state index in [-0.39, 0.29) is 18.0 Å². The van der Waals surface area contributed by atoms with Gasteiger partial charge in [-0.2, -0.15) is 4.31 Å². The highest BCUT2D eigenvalue weighted by Crippen LogP contribution is 2.24. The van der Waals surface area contributed by atoms with Gasteiger partial charge in [0.05, 0.1) is 18.6 Å². The Labute approximate surface area is 199 Å². The first-order valence-electron chi connectivity index (χ1n) is 10.9. The average Bonchev–Trinajstić information content (AvgIpc) is 2.87. The number of methoxy groups -OCH3 is 1. The molecule has 0 aliphatic carbocycles. The van der Waals surface area contributed by atoms with Crippen LogP contribution in [0, 0.1) is 0 Å². The second-order valence-corrected chi connectivity index (χ2v) is 9.76. The predicted molar refractivity (Wildman–Crippen MR) is 134 cm³/mol. The van der Waals surface area contributed by atoms with Crippen LogP contribution in [0.25, 0.3) is 10.8 Å². The van der Waals surface area contributed by atoms with E-state index >= 15 is 0 Å². The summed E-state index contributed by atoms with van der Waals surface area (Å²) in [5, 5.41) is 4.78. The van der Waals surface area contributed by atoms with Crippen LogP contribution in [-0.4, -0.2) is 38.8 Å². The molecule has 0 saturated heterocycles. The van der Waals surface area contributed by atoms with Crippen LogP contribution >= 0.6 is 0 Å². The minimum Gasteiger partial charge on any atom is -0.497 e. The van der Waals surface area contributed by atoms with E-state index in [1.807, 2.05) is 72.8 Å². The second-order valence-electron chi connectivity index (χ2n) is 7.82. The molecular formula is C27H26N2O4S. The highest BCUT2D eigenvalue weighted by molar-refractivity contribution is 7.89. The zero-order chi connectivity index (χ0) is 24.0. The first-order chi connectivity index (χ1) is 16.5. The lowest BCUT2D eigenvalue weighted by Crippen LogP contribution is -2.39. The number of amides is 1. The van der Waals surface area contributed by atoms with Gasteiger partial charge >= 0.3 is 0 Å². The Morgan fingerprint density at radius 2 is 1.53 bits per heavy atom. The van der Waals surface area contributed by atoms with E-state index in [2.05, 4.69) is 5.32 Å². The molecule has 0 saturated carbocycles. The zero-order valence-electron chi connectivity index (χ0n) is 18.8. The number of nitrogens with one attached hydrogen (secondary N) is 1. The fourth-order valence-corrected chi connectivity index (χ4v) is 5.16. The minimum absolute atomic E-state index is 0.110. The Balaban J connectivity index is 1.58. The van der Waals surface area contributed by atoms with Gasteiger partial charge in [-0.15, -0.1) is 0 Å². The normalized spacial score (nSPS) is 11.5. The smallest absolute Gasteiger partial charge is 0.243 e. The summed E-state index contributed by atoms with van der Waals surface area (Å²) < 4.78 is 33.3. The molecule has 4 aromatic rings. The molecule has 7 heteroatoms. The number of benzene rings is 4. The van der Waals surface area contributed by atoms with Crippen LogP contribution in [0.3, 0.4) is 0 Å². The quantitative estimate of drug-likeness (QED) is 0.381. The number of sulfonamides is 1. The van der Waals surface area contributed by atoms with Crippen molar-refractivity contribution in [2.75, 3.05) is 25.5 Å². The summed E-state index contributed by atoms with van der Waals surface area (Å²) in [5.41, 5.74) is 1.64. The summed E-state index contributed by atoms with van der Waals surface area (Å²) in [6.07, 6.45) is 0.484. The molecule has 6 nitrogen and oxygen atoms in total. The number of nitrogens with zero attached hydrogens (tertiary/aromatic N) is 1. The molecular weight excluding hydrogens is 448 g/mol. The standard InChI is InChI=1S/C27H26N2O4S/c1-33-23-14-16-24(17-15-23)34(31,32)29(19-18-21-8-3-2-4-9-21)20-27(30)28-26-13-7-11-22-10-5-6-12-25(22)26/h2-17H,18-20H2,1H3,(H,28,30). The summed E-state index contributed by atoms with van der Waals surface area (Å²) in [6.45, 7) is -0.133. The Morgan fingerprint density at radius 1 is 0.853 bits per heavy atom. The summed E-state index contributed by atoms with van der Waals surface area (Å²) in [6, 6.07) is 29.1. The molecule has 0 aliphatic heterocycles. The fourth-order valence-electron chi connectivity index (χ4n) is 3.76. The van der Waals surface area contributed by atoms with Gasteiger partial charge in [-0.05, 0) is 47.7 Å². The minimum atomic E-state index is -3.91. The van der Waals surface area contributed by atoms with E-state index in [1.165, 1.54) is 23.5 Å². The monoisotopic (exact) mass is 474 g/mol. The number of anilines is 1. The Hall–Kier alpha value is -3.68. The summed E-state index contributed by atoms with van der Waals surface area (Å²) in [5.74, 6) is 0.157. The van der Waals surface area contributed by atoms with E-state index < -0.39 is 15.9 Å². The highest BCUT2D eigenvalue weighted by atomic mass is 32.2. The first kappa shape index (κ1) is 23.5. The van der Waals surface area contributed by atoms with E-state index in [1.54, 1.807) is 12.1 Å².